The Balaban J connectivity index is 2.43. The molecule has 0 unspecified atom stereocenters. The SMILES string of the molecule is Cc1coc(N(C)S(=O)(=O)c2cccc(Cl)c2)n1. The summed E-state index contributed by atoms with van der Waals surface area (Å²) in [5, 5.41) is 0.355. The molecule has 0 fully saturated rings. The van der Waals surface area contributed by atoms with Crippen molar-refractivity contribution in [2.45, 2.75) is 11.8 Å². The number of hydrogen-bond donors (Lipinski definition) is 0. The number of benzene rings is 1. The molecule has 2 aromatic rings. The fraction of sp³-hybridized carbons (Fsp3) is 0.182. The first-order valence-corrected chi connectivity index (χ1v) is 6.89. The molecule has 0 saturated heterocycles. The Morgan fingerprint density at radius 2 is 2.11 bits per heavy atom. The summed E-state index contributed by atoms with van der Waals surface area (Å²) in [5.41, 5.74) is 0.609. The molecule has 2 rings (SSSR count). The summed E-state index contributed by atoms with van der Waals surface area (Å²) in [6, 6.07) is 6.05. The molecule has 1 heterocycles. The highest BCUT2D eigenvalue weighted by molar-refractivity contribution is 7.92. The van der Waals surface area contributed by atoms with Crippen LogP contribution in [0.4, 0.5) is 6.01 Å². The number of aromatic nitrogens is 1. The number of hydrogen-bond acceptors (Lipinski definition) is 4. The monoisotopic (exact) mass is 286 g/mol. The van der Waals surface area contributed by atoms with Gasteiger partial charge in [0, 0.05) is 12.1 Å². The maximum atomic E-state index is 12.3. The first-order valence-electron chi connectivity index (χ1n) is 5.08. The lowest BCUT2D eigenvalue weighted by Gasteiger charge is -2.15. The first-order chi connectivity index (χ1) is 8.41. The molecular formula is C11H11ClN2O3S. The van der Waals surface area contributed by atoms with Crippen molar-refractivity contribution < 1.29 is 12.8 Å². The van der Waals surface area contributed by atoms with Crippen molar-refractivity contribution in [1.29, 1.82) is 0 Å². The fourth-order valence-corrected chi connectivity index (χ4v) is 2.76. The van der Waals surface area contributed by atoms with Gasteiger partial charge in [-0.15, -0.1) is 0 Å². The number of halogens is 1. The van der Waals surface area contributed by atoms with E-state index in [4.69, 9.17) is 16.0 Å². The molecule has 0 aliphatic rings. The molecular weight excluding hydrogens is 276 g/mol. The summed E-state index contributed by atoms with van der Waals surface area (Å²) < 4.78 is 30.6. The molecule has 1 aromatic heterocycles. The number of aryl methyl sites for hydroxylation is 1. The third-order valence-corrected chi connectivity index (χ3v) is 4.29. The van der Waals surface area contributed by atoms with E-state index >= 15 is 0 Å². The topological polar surface area (TPSA) is 63.4 Å². The van der Waals surface area contributed by atoms with Crippen molar-refractivity contribution in [2.75, 3.05) is 11.4 Å². The highest BCUT2D eigenvalue weighted by Gasteiger charge is 2.24. The van der Waals surface area contributed by atoms with E-state index in [1.807, 2.05) is 0 Å². The lowest BCUT2D eigenvalue weighted by atomic mass is 10.4. The third kappa shape index (κ3) is 2.34. The standard InChI is InChI=1S/C11H11ClN2O3S/c1-8-7-17-11(13-8)14(2)18(15,16)10-5-3-4-9(12)6-10/h3-7H,1-2H3. The van der Waals surface area contributed by atoms with Gasteiger partial charge >= 0.3 is 6.01 Å². The number of anilines is 1. The summed E-state index contributed by atoms with van der Waals surface area (Å²) in [5.74, 6) is 0. The van der Waals surface area contributed by atoms with E-state index in [2.05, 4.69) is 4.98 Å². The quantitative estimate of drug-likeness (QED) is 0.869. The lowest BCUT2D eigenvalue weighted by Crippen LogP contribution is -2.26. The number of nitrogens with zero attached hydrogens (tertiary/aromatic N) is 2. The van der Waals surface area contributed by atoms with Gasteiger partial charge in [-0.1, -0.05) is 17.7 Å². The van der Waals surface area contributed by atoms with Gasteiger partial charge in [-0.25, -0.2) is 12.7 Å². The van der Waals surface area contributed by atoms with Crippen LogP contribution in [0.3, 0.4) is 0 Å². The average molecular weight is 287 g/mol. The highest BCUT2D eigenvalue weighted by atomic mass is 35.5. The van der Waals surface area contributed by atoms with E-state index in [0.29, 0.717) is 10.7 Å². The van der Waals surface area contributed by atoms with Crippen molar-refractivity contribution >= 4 is 27.6 Å². The van der Waals surface area contributed by atoms with Crippen LogP contribution in [0.1, 0.15) is 5.69 Å². The van der Waals surface area contributed by atoms with Crippen LogP contribution in [0.15, 0.2) is 39.8 Å². The van der Waals surface area contributed by atoms with Crippen molar-refractivity contribution in [3.05, 3.63) is 41.2 Å². The molecule has 0 spiro atoms. The van der Waals surface area contributed by atoms with Crippen molar-refractivity contribution in [3.8, 4) is 0 Å². The molecule has 0 amide bonds. The lowest BCUT2D eigenvalue weighted by molar-refractivity contribution is 0.551. The zero-order valence-corrected chi connectivity index (χ0v) is 11.4. The van der Waals surface area contributed by atoms with Crippen molar-refractivity contribution in [1.82, 2.24) is 4.98 Å². The molecule has 0 N–H and O–H groups in total. The number of rotatable bonds is 3. The molecule has 0 radical (unpaired) electrons. The van der Waals surface area contributed by atoms with E-state index in [0.717, 1.165) is 4.31 Å². The van der Waals surface area contributed by atoms with Crippen LogP contribution < -0.4 is 4.31 Å². The molecule has 0 bridgehead atoms. The van der Waals surface area contributed by atoms with Crippen molar-refractivity contribution in [3.63, 3.8) is 0 Å². The second-order valence-corrected chi connectivity index (χ2v) is 6.11. The molecule has 0 aliphatic heterocycles. The van der Waals surface area contributed by atoms with Gasteiger partial charge in [-0.2, -0.15) is 4.98 Å². The summed E-state index contributed by atoms with van der Waals surface area (Å²) in [7, 11) is -2.33. The maximum Gasteiger partial charge on any atom is 0.311 e. The van der Waals surface area contributed by atoms with Crippen LogP contribution in [-0.4, -0.2) is 20.4 Å². The highest BCUT2D eigenvalue weighted by Crippen LogP contribution is 2.23. The fourth-order valence-electron chi connectivity index (χ4n) is 1.37. The predicted octanol–water partition coefficient (Wildman–Crippen LogP) is 2.46. The van der Waals surface area contributed by atoms with Crippen molar-refractivity contribution in [2.24, 2.45) is 0 Å². The minimum absolute atomic E-state index is 0.0208. The summed E-state index contributed by atoms with van der Waals surface area (Å²) in [6.07, 6.45) is 1.39. The number of sulfonamides is 1. The maximum absolute atomic E-state index is 12.3. The Bertz CT molecular complexity index is 666. The summed E-state index contributed by atoms with van der Waals surface area (Å²) in [6.45, 7) is 1.72. The third-order valence-electron chi connectivity index (χ3n) is 2.33. The van der Waals surface area contributed by atoms with Crippen LogP contribution in [0, 0.1) is 6.92 Å². The molecule has 5 nitrogen and oxygen atoms in total. The second kappa shape index (κ2) is 4.62. The molecule has 18 heavy (non-hydrogen) atoms. The Kier molecular flexibility index (Phi) is 3.32. The molecule has 96 valence electrons. The van der Waals surface area contributed by atoms with Gasteiger partial charge < -0.3 is 4.42 Å². The Labute approximate surface area is 110 Å². The Hall–Kier alpha value is -1.53. The van der Waals surface area contributed by atoms with Crippen LogP contribution in [0.2, 0.25) is 5.02 Å². The van der Waals surface area contributed by atoms with Crippen LogP contribution in [0.5, 0.6) is 0 Å². The van der Waals surface area contributed by atoms with E-state index < -0.39 is 10.0 Å². The first kappa shape index (κ1) is 12.9. The molecule has 7 heteroatoms. The smallest absolute Gasteiger partial charge is 0.311 e. The van der Waals surface area contributed by atoms with Crippen LogP contribution in [-0.2, 0) is 10.0 Å². The average Bonchev–Trinajstić information content (AvgIpc) is 2.74. The van der Waals surface area contributed by atoms with Gasteiger partial charge in [0.05, 0.1) is 10.6 Å². The molecule has 0 atom stereocenters. The van der Waals surface area contributed by atoms with E-state index in [1.165, 1.54) is 25.4 Å². The minimum Gasteiger partial charge on any atom is -0.431 e. The van der Waals surface area contributed by atoms with E-state index in [9.17, 15) is 8.42 Å². The molecule has 0 saturated carbocycles. The summed E-state index contributed by atoms with van der Waals surface area (Å²) in [4.78, 5) is 4.06. The second-order valence-electron chi connectivity index (χ2n) is 3.70. The van der Waals surface area contributed by atoms with Gasteiger partial charge in [-0.3, -0.25) is 0 Å². The van der Waals surface area contributed by atoms with Crippen LogP contribution in [0.25, 0.3) is 0 Å². The van der Waals surface area contributed by atoms with Gasteiger partial charge in [0.25, 0.3) is 10.0 Å². The van der Waals surface area contributed by atoms with Gasteiger partial charge in [0.15, 0.2) is 0 Å². The Morgan fingerprint density at radius 1 is 1.39 bits per heavy atom. The zero-order valence-electron chi connectivity index (χ0n) is 9.79. The van der Waals surface area contributed by atoms with Gasteiger partial charge in [0.2, 0.25) is 0 Å². The van der Waals surface area contributed by atoms with Gasteiger partial charge in [-0.05, 0) is 25.1 Å². The van der Waals surface area contributed by atoms with Gasteiger partial charge in [0.1, 0.15) is 6.26 Å². The van der Waals surface area contributed by atoms with E-state index in [-0.39, 0.29) is 10.9 Å². The molecule has 0 aliphatic carbocycles. The Morgan fingerprint density at radius 3 is 2.67 bits per heavy atom. The zero-order chi connectivity index (χ0) is 13.3. The number of oxazole rings is 1. The predicted molar refractivity (Wildman–Crippen MR) is 68.3 cm³/mol. The summed E-state index contributed by atoms with van der Waals surface area (Å²) >= 11 is 5.78. The van der Waals surface area contributed by atoms with Crippen LogP contribution >= 0.6 is 11.6 Å². The van der Waals surface area contributed by atoms with E-state index in [1.54, 1.807) is 19.1 Å². The minimum atomic E-state index is -3.71. The largest absolute Gasteiger partial charge is 0.431 e. The normalized spacial score (nSPS) is 11.5. The molecule has 1 aromatic carbocycles.